The molecule has 0 aliphatic carbocycles. The molecule has 0 bridgehead atoms. The van der Waals surface area contributed by atoms with Gasteiger partial charge < -0.3 is 5.73 Å². The third kappa shape index (κ3) is 1.32. The zero-order chi connectivity index (χ0) is 10.1. The summed E-state index contributed by atoms with van der Waals surface area (Å²) in [5, 5.41) is 9.22. The van der Waals surface area contributed by atoms with E-state index >= 15 is 0 Å². The summed E-state index contributed by atoms with van der Waals surface area (Å²) in [7, 11) is 0. The maximum atomic E-state index is 13.3. The minimum atomic E-state index is -0.275. The highest BCUT2D eigenvalue weighted by molar-refractivity contribution is 7.19. The van der Waals surface area contributed by atoms with Crippen molar-refractivity contribution < 1.29 is 4.39 Å². The van der Waals surface area contributed by atoms with E-state index in [2.05, 4.69) is 0 Å². The SMILES string of the molecule is N#CCc1cc2c(N)ccc(F)c2s1. The average molecular weight is 206 g/mol. The lowest BCUT2D eigenvalue weighted by atomic mass is 10.2. The number of thiophene rings is 1. The Labute approximate surface area is 84.4 Å². The minimum Gasteiger partial charge on any atom is -0.398 e. The van der Waals surface area contributed by atoms with Crippen LogP contribution >= 0.6 is 11.3 Å². The Balaban J connectivity index is 2.70. The van der Waals surface area contributed by atoms with Gasteiger partial charge in [-0.15, -0.1) is 11.3 Å². The molecule has 14 heavy (non-hydrogen) atoms. The van der Waals surface area contributed by atoms with E-state index in [-0.39, 0.29) is 5.82 Å². The largest absolute Gasteiger partial charge is 0.398 e. The van der Waals surface area contributed by atoms with Crippen LogP contribution in [-0.4, -0.2) is 0 Å². The Morgan fingerprint density at radius 1 is 1.50 bits per heavy atom. The third-order valence-corrected chi connectivity index (χ3v) is 3.12. The van der Waals surface area contributed by atoms with E-state index in [4.69, 9.17) is 11.0 Å². The molecule has 0 aliphatic rings. The van der Waals surface area contributed by atoms with Gasteiger partial charge in [0.15, 0.2) is 0 Å². The van der Waals surface area contributed by atoms with Gasteiger partial charge in [-0.2, -0.15) is 5.26 Å². The highest BCUT2D eigenvalue weighted by atomic mass is 32.1. The number of nitrogens with two attached hydrogens (primary N) is 1. The molecule has 0 aliphatic heterocycles. The van der Waals surface area contributed by atoms with Crippen molar-refractivity contribution in [1.82, 2.24) is 0 Å². The molecular formula is C10H7FN2S. The summed E-state index contributed by atoms with van der Waals surface area (Å²) < 4.78 is 13.8. The summed E-state index contributed by atoms with van der Waals surface area (Å²) >= 11 is 1.29. The zero-order valence-electron chi connectivity index (χ0n) is 7.25. The van der Waals surface area contributed by atoms with Crippen LogP contribution in [-0.2, 0) is 6.42 Å². The highest BCUT2D eigenvalue weighted by Crippen LogP contribution is 2.32. The first-order chi connectivity index (χ1) is 6.72. The Hall–Kier alpha value is -1.60. The fourth-order valence-corrected chi connectivity index (χ4v) is 2.36. The molecule has 2 nitrogen and oxygen atoms in total. The molecular weight excluding hydrogens is 199 g/mol. The van der Waals surface area contributed by atoms with E-state index in [0.29, 0.717) is 22.2 Å². The quantitative estimate of drug-likeness (QED) is 0.729. The normalized spacial score (nSPS) is 10.3. The van der Waals surface area contributed by atoms with E-state index in [9.17, 15) is 4.39 Å². The van der Waals surface area contributed by atoms with Crippen LogP contribution in [0.1, 0.15) is 4.88 Å². The minimum absolute atomic E-state index is 0.275. The first kappa shape index (κ1) is 8.97. The number of nitrogen functional groups attached to an aromatic ring is 1. The monoisotopic (exact) mass is 206 g/mol. The topological polar surface area (TPSA) is 49.8 Å². The molecule has 0 atom stereocenters. The van der Waals surface area contributed by atoms with E-state index in [1.165, 1.54) is 17.4 Å². The van der Waals surface area contributed by atoms with Crippen LogP contribution in [0.2, 0.25) is 0 Å². The second-order valence-electron chi connectivity index (χ2n) is 2.93. The van der Waals surface area contributed by atoms with Crippen molar-refractivity contribution in [3.05, 3.63) is 28.9 Å². The maximum Gasteiger partial charge on any atom is 0.141 e. The molecule has 1 aromatic carbocycles. The second-order valence-corrected chi connectivity index (χ2v) is 4.06. The summed E-state index contributed by atoms with van der Waals surface area (Å²) in [4.78, 5) is 0.847. The average Bonchev–Trinajstić information content (AvgIpc) is 2.57. The van der Waals surface area contributed by atoms with E-state index in [1.54, 1.807) is 12.1 Å². The number of rotatable bonds is 1. The standard InChI is InChI=1S/C10H7FN2S/c11-8-1-2-9(13)7-5-6(3-4-12)14-10(7)8/h1-2,5H,3,13H2. The second kappa shape index (κ2) is 3.28. The molecule has 1 aromatic heterocycles. The van der Waals surface area contributed by atoms with Crippen molar-refractivity contribution in [3.63, 3.8) is 0 Å². The van der Waals surface area contributed by atoms with Crippen LogP contribution in [0, 0.1) is 17.1 Å². The Kier molecular flexibility index (Phi) is 2.10. The maximum absolute atomic E-state index is 13.3. The molecule has 0 saturated carbocycles. The van der Waals surface area contributed by atoms with Gasteiger partial charge in [-0.25, -0.2) is 4.39 Å². The molecule has 2 rings (SSSR count). The van der Waals surface area contributed by atoms with Gasteiger partial charge in [0.1, 0.15) is 5.82 Å². The number of nitriles is 1. The predicted molar refractivity (Wildman–Crippen MR) is 55.5 cm³/mol. The van der Waals surface area contributed by atoms with Crippen LogP contribution < -0.4 is 5.73 Å². The van der Waals surface area contributed by atoms with Crippen LogP contribution in [0.3, 0.4) is 0 Å². The lowest BCUT2D eigenvalue weighted by molar-refractivity contribution is 0.642. The van der Waals surface area contributed by atoms with Crippen molar-refractivity contribution in [2.75, 3.05) is 5.73 Å². The fraction of sp³-hybridized carbons (Fsp3) is 0.100. The van der Waals surface area contributed by atoms with Gasteiger partial charge >= 0.3 is 0 Å². The number of anilines is 1. The fourth-order valence-electron chi connectivity index (χ4n) is 1.33. The van der Waals surface area contributed by atoms with Crippen molar-refractivity contribution in [1.29, 1.82) is 5.26 Å². The van der Waals surface area contributed by atoms with Crippen LogP contribution in [0.25, 0.3) is 10.1 Å². The van der Waals surface area contributed by atoms with Crippen molar-refractivity contribution in [3.8, 4) is 6.07 Å². The van der Waals surface area contributed by atoms with Crippen molar-refractivity contribution in [2.24, 2.45) is 0 Å². The first-order valence-electron chi connectivity index (χ1n) is 4.05. The van der Waals surface area contributed by atoms with E-state index < -0.39 is 0 Å². The van der Waals surface area contributed by atoms with Gasteiger partial charge in [0, 0.05) is 16.0 Å². The van der Waals surface area contributed by atoms with Crippen molar-refractivity contribution in [2.45, 2.75) is 6.42 Å². The van der Waals surface area contributed by atoms with Crippen LogP contribution in [0.4, 0.5) is 10.1 Å². The number of benzene rings is 1. The smallest absolute Gasteiger partial charge is 0.141 e. The van der Waals surface area contributed by atoms with E-state index in [0.717, 1.165) is 4.88 Å². The molecule has 70 valence electrons. The number of halogens is 1. The summed E-state index contributed by atoms with van der Waals surface area (Å²) in [6, 6.07) is 6.70. The molecule has 4 heteroatoms. The molecule has 0 amide bonds. The summed E-state index contributed by atoms with van der Waals surface area (Å²) in [5.41, 5.74) is 6.25. The van der Waals surface area contributed by atoms with Gasteiger partial charge in [0.2, 0.25) is 0 Å². The lowest BCUT2D eigenvalue weighted by Crippen LogP contribution is -1.85. The van der Waals surface area contributed by atoms with Crippen LogP contribution in [0.15, 0.2) is 18.2 Å². The highest BCUT2D eigenvalue weighted by Gasteiger charge is 2.08. The van der Waals surface area contributed by atoms with Gasteiger partial charge in [-0.1, -0.05) is 0 Å². The van der Waals surface area contributed by atoms with E-state index in [1.807, 2.05) is 6.07 Å². The molecule has 2 aromatic rings. The Bertz CT molecular complexity index is 486. The van der Waals surface area contributed by atoms with Crippen molar-refractivity contribution >= 4 is 27.1 Å². The lowest BCUT2D eigenvalue weighted by Gasteiger charge is -1.95. The van der Waals surface area contributed by atoms with Gasteiger partial charge in [-0.3, -0.25) is 0 Å². The number of nitrogens with zero attached hydrogens (tertiary/aromatic N) is 1. The number of fused-ring (bicyclic) bond motifs is 1. The molecule has 0 saturated heterocycles. The predicted octanol–water partition coefficient (Wildman–Crippen LogP) is 2.69. The first-order valence-corrected chi connectivity index (χ1v) is 4.87. The summed E-state index contributed by atoms with van der Waals surface area (Å²) in [5.74, 6) is -0.275. The van der Waals surface area contributed by atoms with Gasteiger partial charge in [-0.05, 0) is 18.2 Å². The van der Waals surface area contributed by atoms with Crippen LogP contribution in [0.5, 0.6) is 0 Å². The van der Waals surface area contributed by atoms with Gasteiger partial charge in [0.25, 0.3) is 0 Å². The molecule has 0 fully saturated rings. The summed E-state index contributed by atoms with van der Waals surface area (Å²) in [6.07, 6.45) is 0.304. The Morgan fingerprint density at radius 2 is 2.29 bits per heavy atom. The molecule has 0 unspecified atom stereocenters. The van der Waals surface area contributed by atoms with Gasteiger partial charge in [0.05, 0.1) is 17.2 Å². The Morgan fingerprint density at radius 3 is 2.93 bits per heavy atom. The molecule has 2 N–H and O–H groups in total. The number of hydrogen-bond acceptors (Lipinski definition) is 3. The molecule has 0 radical (unpaired) electrons. The molecule has 1 heterocycles. The summed E-state index contributed by atoms with van der Waals surface area (Å²) in [6.45, 7) is 0. The zero-order valence-corrected chi connectivity index (χ0v) is 8.07. The molecule has 0 spiro atoms. The third-order valence-electron chi connectivity index (χ3n) is 1.97. The number of hydrogen-bond donors (Lipinski definition) is 1.